The normalized spacial score (nSPS) is 20.3. The number of hydrogen-bond acceptors (Lipinski definition) is 5. The van der Waals surface area contributed by atoms with Gasteiger partial charge in [-0.05, 0) is 60.3 Å². The Morgan fingerprint density at radius 2 is 1.97 bits per heavy atom. The number of amides is 3. The summed E-state index contributed by atoms with van der Waals surface area (Å²) < 4.78 is 16.4. The summed E-state index contributed by atoms with van der Waals surface area (Å²) in [5.41, 5.74) is 7.24. The highest BCUT2D eigenvalue weighted by Gasteiger charge is 2.38. The van der Waals surface area contributed by atoms with E-state index in [1.807, 2.05) is 6.92 Å². The summed E-state index contributed by atoms with van der Waals surface area (Å²) in [6, 6.07) is 7.21. The smallest absolute Gasteiger partial charge is 0.268 e. The zero-order valence-electron chi connectivity index (χ0n) is 20.5. The molecule has 0 saturated carbocycles. The molecule has 2 aliphatic rings. The number of nitrogens with two attached hydrogens (primary N) is 1. The number of piperazine rings is 1. The standard InChI is InChI=1S/C25H32FIN6O3/c1-15(14-32-8-6-31(2)7-9-32)30-24(35)19(12-22(28)34)21-13-29-25(36)20-11-18(23(27)33(20)21)16-4-3-5-17(26)10-16/h3-5,10-11,15,19,21H,6-9,12-14H2,1-2H3,(H2,28,34)(H,29,36)(H,30,35)/t15-,19?,21-/m0/s1. The van der Waals surface area contributed by atoms with E-state index in [2.05, 4.69) is 50.1 Å². The maximum absolute atomic E-state index is 13.9. The Balaban J connectivity index is 1.59. The largest absolute Gasteiger partial charge is 0.370 e. The first-order valence-corrected chi connectivity index (χ1v) is 13.2. The average Bonchev–Trinajstić information content (AvgIpc) is 3.17. The second kappa shape index (κ2) is 11.3. The number of primary amides is 1. The molecule has 0 bridgehead atoms. The average molecular weight is 610 g/mol. The molecule has 0 radical (unpaired) electrons. The van der Waals surface area contributed by atoms with Crippen LogP contribution < -0.4 is 16.4 Å². The van der Waals surface area contributed by atoms with Gasteiger partial charge in [-0.2, -0.15) is 0 Å². The Kier molecular flexibility index (Phi) is 8.30. The van der Waals surface area contributed by atoms with Gasteiger partial charge in [0.25, 0.3) is 5.91 Å². The third-order valence-electron chi connectivity index (χ3n) is 6.88. The van der Waals surface area contributed by atoms with Crippen molar-refractivity contribution in [3.63, 3.8) is 0 Å². The lowest BCUT2D eigenvalue weighted by atomic mass is 9.92. The summed E-state index contributed by atoms with van der Waals surface area (Å²) in [4.78, 5) is 42.8. The molecule has 9 nitrogen and oxygen atoms in total. The van der Waals surface area contributed by atoms with Gasteiger partial charge in [0.05, 0.1) is 15.7 Å². The lowest BCUT2D eigenvalue weighted by molar-refractivity contribution is -0.131. The third-order valence-corrected chi connectivity index (χ3v) is 7.99. The van der Waals surface area contributed by atoms with Crippen LogP contribution >= 0.6 is 22.6 Å². The lowest BCUT2D eigenvalue weighted by Crippen LogP contribution is -2.52. The summed E-state index contributed by atoms with van der Waals surface area (Å²) in [6.45, 7) is 6.67. The quantitative estimate of drug-likeness (QED) is 0.392. The second-order valence-electron chi connectivity index (χ2n) is 9.68. The van der Waals surface area contributed by atoms with Crippen molar-refractivity contribution in [3.8, 4) is 11.1 Å². The maximum Gasteiger partial charge on any atom is 0.268 e. The van der Waals surface area contributed by atoms with E-state index in [1.165, 1.54) is 12.1 Å². The monoisotopic (exact) mass is 610 g/mol. The van der Waals surface area contributed by atoms with E-state index in [0.29, 0.717) is 27.1 Å². The summed E-state index contributed by atoms with van der Waals surface area (Å²) in [5, 5.41) is 5.91. The number of rotatable bonds is 8. The van der Waals surface area contributed by atoms with Crippen LogP contribution in [0.5, 0.6) is 0 Å². The van der Waals surface area contributed by atoms with Crippen molar-refractivity contribution in [3.05, 3.63) is 45.5 Å². The summed E-state index contributed by atoms with van der Waals surface area (Å²) in [7, 11) is 2.09. The minimum atomic E-state index is -0.780. The topological polar surface area (TPSA) is 113 Å². The zero-order valence-corrected chi connectivity index (χ0v) is 22.6. The highest BCUT2D eigenvalue weighted by atomic mass is 127. The van der Waals surface area contributed by atoms with Gasteiger partial charge < -0.3 is 25.8 Å². The number of nitrogens with one attached hydrogen (secondary N) is 2. The first kappa shape index (κ1) is 26.6. The minimum absolute atomic E-state index is 0.125. The van der Waals surface area contributed by atoms with Crippen LogP contribution in [0.2, 0.25) is 0 Å². The van der Waals surface area contributed by atoms with E-state index in [0.717, 1.165) is 26.2 Å². The van der Waals surface area contributed by atoms with Crippen LogP contribution in [0.4, 0.5) is 4.39 Å². The van der Waals surface area contributed by atoms with E-state index in [9.17, 15) is 18.8 Å². The van der Waals surface area contributed by atoms with Crippen LogP contribution in [0.3, 0.4) is 0 Å². The highest BCUT2D eigenvalue weighted by Crippen LogP contribution is 2.36. The summed E-state index contributed by atoms with van der Waals surface area (Å²) in [6.07, 6.45) is -0.156. The van der Waals surface area contributed by atoms with Crippen molar-refractivity contribution in [1.82, 2.24) is 25.0 Å². The van der Waals surface area contributed by atoms with E-state index < -0.39 is 17.9 Å². The molecule has 1 unspecified atom stereocenters. The van der Waals surface area contributed by atoms with Gasteiger partial charge in [0, 0.05) is 57.3 Å². The minimum Gasteiger partial charge on any atom is -0.370 e. The van der Waals surface area contributed by atoms with Crippen LogP contribution in [0.1, 0.15) is 29.9 Å². The van der Waals surface area contributed by atoms with Gasteiger partial charge in [-0.1, -0.05) is 12.1 Å². The molecular formula is C25H32FIN6O3. The molecule has 1 aromatic carbocycles. The van der Waals surface area contributed by atoms with Gasteiger partial charge in [-0.25, -0.2) is 4.39 Å². The van der Waals surface area contributed by atoms with Crippen molar-refractivity contribution in [1.29, 1.82) is 0 Å². The first-order valence-electron chi connectivity index (χ1n) is 12.1. The van der Waals surface area contributed by atoms with Gasteiger partial charge in [-0.3, -0.25) is 19.3 Å². The number of fused-ring (bicyclic) bond motifs is 1. The van der Waals surface area contributed by atoms with Gasteiger partial charge in [0.15, 0.2) is 0 Å². The fraction of sp³-hybridized carbons (Fsp3) is 0.480. The van der Waals surface area contributed by atoms with Crippen LogP contribution in [0, 0.1) is 15.4 Å². The van der Waals surface area contributed by atoms with Crippen LogP contribution in [-0.2, 0) is 9.59 Å². The fourth-order valence-corrected chi connectivity index (χ4v) is 6.08. The second-order valence-corrected chi connectivity index (χ2v) is 10.7. The van der Waals surface area contributed by atoms with Crippen LogP contribution in [0.25, 0.3) is 11.1 Å². The van der Waals surface area contributed by atoms with E-state index in [1.54, 1.807) is 22.8 Å². The number of aromatic nitrogens is 1. The van der Waals surface area contributed by atoms with Gasteiger partial charge >= 0.3 is 0 Å². The van der Waals surface area contributed by atoms with Crippen LogP contribution in [0.15, 0.2) is 30.3 Å². The van der Waals surface area contributed by atoms with Crippen molar-refractivity contribution in [2.24, 2.45) is 11.7 Å². The molecule has 11 heteroatoms. The SMILES string of the molecule is C[C@@H](CN1CCN(C)CC1)NC(=O)C(CC(N)=O)[C@@H]1CNC(=O)c2cc(-c3cccc(F)c3)c(I)n21. The van der Waals surface area contributed by atoms with Gasteiger partial charge in [0.1, 0.15) is 11.5 Å². The molecule has 194 valence electrons. The number of benzene rings is 1. The van der Waals surface area contributed by atoms with Crippen molar-refractivity contribution >= 4 is 40.3 Å². The molecule has 0 spiro atoms. The number of carbonyl (C=O) groups excluding carboxylic acids is 3. The zero-order chi connectivity index (χ0) is 26.0. The van der Waals surface area contributed by atoms with E-state index in [4.69, 9.17) is 5.73 Å². The molecule has 1 saturated heterocycles. The molecule has 2 aliphatic heterocycles. The third kappa shape index (κ3) is 5.89. The first-order chi connectivity index (χ1) is 17.1. The molecule has 1 aromatic heterocycles. The van der Waals surface area contributed by atoms with E-state index >= 15 is 0 Å². The number of nitrogens with zero attached hydrogens (tertiary/aromatic N) is 3. The van der Waals surface area contributed by atoms with E-state index in [-0.39, 0.29) is 36.6 Å². The summed E-state index contributed by atoms with van der Waals surface area (Å²) >= 11 is 2.12. The molecule has 0 aliphatic carbocycles. The molecule has 2 aromatic rings. The number of hydrogen-bond donors (Lipinski definition) is 3. The summed E-state index contributed by atoms with van der Waals surface area (Å²) in [5.74, 6) is -2.31. The molecule has 3 amide bonds. The Morgan fingerprint density at radius 3 is 2.64 bits per heavy atom. The Hall–Kier alpha value is -2.51. The van der Waals surface area contributed by atoms with Gasteiger partial charge in [0.2, 0.25) is 11.8 Å². The Bertz CT molecular complexity index is 1150. The highest BCUT2D eigenvalue weighted by molar-refractivity contribution is 14.1. The molecule has 3 atom stereocenters. The predicted molar refractivity (Wildman–Crippen MR) is 143 cm³/mol. The number of carbonyl (C=O) groups is 3. The van der Waals surface area contributed by atoms with Crippen molar-refractivity contribution in [2.75, 3.05) is 46.3 Å². The molecule has 4 rings (SSSR count). The predicted octanol–water partition coefficient (Wildman–Crippen LogP) is 1.43. The Labute approximate surface area is 223 Å². The molecule has 4 N–H and O–H groups in total. The fourth-order valence-electron chi connectivity index (χ4n) is 4.99. The molecule has 1 fully saturated rings. The molecule has 36 heavy (non-hydrogen) atoms. The Morgan fingerprint density at radius 1 is 1.25 bits per heavy atom. The molecular weight excluding hydrogens is 578 g/mol. The number of likely N-dealkylation sites (N-methyl/N-ethyl adjacent to an activating group) is 1. The lowest BCUT2D eigenvalue weighted by Gasteiger charge is -2.35. The number of halogens is 2. The van der Waals surface area contributed by atoms with Crippen molar-refractivity contribution in [2.45, 2.75) is 25.4 Å². The molecule has 3 heterocycles. The maximum atomic E-state index is 13.9. The van der Waals surface area contributed by atoms with Crippen molar-refractivity contribution < 1.29 is 18.8 Å². The van der Waals surface area contributed by atoms with Gasteiger partial charge in [-0.15, -0.1) is 0 Å². The van der Waals surface area contributed by atoms with Crippen LogP contribution in [-0.4, -0.2) is 84.4 Å².